The normalized spacial score (nSPS) is 18.1. The van der Waals surface area contributed by atoms with E-state index in [2.05, 4.69) is 5.32 Å². The monoisotopic (exact) mass is 319 g/mol. The van der Waals surface area contributed by atoms with Crippen molar-refractivity contribution in [1.82, 2.24) is 5.32 Å². The third-order valence-corrected chi connectivity index (χ3v) is 4.35. The highest BCUT2D eigenvalue weighted by Gasteiger charge is 2.33. The molecule has 5 heteroatoms. The van der Waals surface area contributed by atoms with E-state index in [9.17, 15) is 9.59 Å². The Labute approximate surface area is 135 Å². The van der Waals surface area contributed by atoms with Crippen LogP contribution < -0.4 is 5.32 Å². The molecule has 0 fully saturated rings. The number of hydrogen-bond acceptors (Lipinski definition) is 4. The van der Waals surface area contributed by atoms with Crippen molar-refractivity contribution in [1.29, 1.82) is 0 Å². The third kappa shape index (κ3) is 3.71. The van der Waals surface area contributed by atoms with Crippen LogP contribution in [0, 0.1) is 6.92 Å². The number of allylic oxidation sites excluding steroid dienone is 1. The van der Waals surface area contributed by atoms with Gasteiger partial charge in [0.15, 0.2) is 0 Å². The van der Waals surface area contributed by atoms with Crippen LogP contribution in [-0.4, -0.2) is 30.5 Å². The molecule has 1 heterocycles. The summed E-state index contributed by atoms with van der Waals surface area (Å²) in [6.45, 7) is 4.13. The second-order valence-corrected chi connectivity index (χ2v) is 6.31. The number of carbonyl (C=O) groups is 2. The number of hydrogen-bond donors (Lipinski definition) is 1. The summed E-state index contributed by atoms with van der Waals surface area (Å²) in [4.78, 5) is 24.3. The van der Waals surface area contributed by atoms with E-state index in [0.29, 0.717) is 17.9 Å². The molecule has 1 atom stereocenters. The van der Waals surface area contributed by atoms with Crippen LogP contribution in [0.4, 0.5) is 0 Å². The molecule has 1 aliphatic rings. The minimum absolute atomic E-state index is 0.0635. The zero-order valence-corrected chi connectivity index (χ0v) is 14.0. The molecule has 1 aromatic carbocycles. The standard InChI is InChI=1S/C17H21NO3S/c1-11-6-4-5-7-13(11)14-10-15(19)18-12(2)16(14)17(20)21-8-9-22-3/h4-7,14H,8-10H2,1-3H3,(H,18,19)/t14-/m1/s1. The van der Waals surface area contributed by atoms with Gasteiger partial charge in [0.25, 0.3) is 0 Å². The lowest BCUT2D eigenvalue weighted by atomic mass is 9.82. The summed E-state index contributed by atoms with van der Waals surface area (Å²) in [6.07, 6.45) is 2.24. The highest BCUT2D eigenvalue weighted by atomic mass is 32.2. The van der Waals surface area contributed by atoms with E-state index in [-0.39, 0.29) is 24.2 Å². The van der Waals surface area contributed by atoms with Gasteiger partial charge < -0.3 is 10.1 Å². The van der Waals surface area contributed by atoms with Gasteiger partial charge in [0.1, 0.15) is 6.61 Å². The average molecular weight is 319 g/mol. The molecular formula is C17H21NO3S. The zero-order valence-electron chi connectivity index (χ0n) is 13.1. The Hall–Kier alpha value is -1.75. The van der Waals surface area contributed by atoms with Crippen molar-refractivity contribution >= 4 is 23.6 Å². The van der Waals surface area contributed by atoms with E-state index in [4.69, 9.17) is 4.74 Å². The Kier molecular flexibility index (Phi) is 5.66. The Bertz CT molecular complexity index is 610. The number of ether oxygens (including phenoxy) is 1. The maximum Gasteiger partial charge on any atom is 0.336 e. The van der Waals surface area contributed by atoms with Crippen LogP contribution in [0.3, 0.4) is 0 Å². The quantitative estimate of drug-likeness (QED) is 0.670. The first-order valence-electron chi connectivity index (χ1n) is 7.26. The van der Waals surface area contributed by atoms with E-state index in [1.165, 1.54) is 0 Å². The average Bonchev–Trinajstić information content (AvgIpc) is 2.47. The van der Waals surface area contributed by atoms with Gasteiger partial charge in [-0.2, -0.15) is 11.8 Å². The summed E-state index contributed by atoms with van der Waals surface area (Å²) in [5.74, 6) is 0.127. The van der Waals surface area contributed by atoms with Crippen LogP contribution in [0.1, 0.15) is 30.4 Å². The fraction of sp³-hybridized carbons (Fsp3) is 0.412. The van der Waals surface area contributed by atoms with Crippen molar-refractivity contribution in [2.24, 2.45) is 0 Å². The predicted octanol–water partition coefficient (Wildman–Crippen LogP) is 2.78. The fourth-order valence-electron chi connectivity index (χ4n) is 2.71. The van der Waals surface area contributed by atoms with Crippen LogP contribution in [0.15, 0.2) is 35.5 Å². The topological polar surface area (TPSA) is 55.4 Å². The number of carbonyl (C=O) groups excluding carboxylic acids is 2. The van der Waals surface area contributed by atoms with Crippen LogP contribution in [0.25, 0.3) is 0 Å². The first kappa shape index (κ1) is 16.6. The molecular weight excluding hydrogens is 298 g/mol. The van der Waals surface area contributed by atoms with Gasteiger partial charge in [-0.15, -0.1) is 0 Å². The van der Waals surface area contributed by atoms with Crippen molar-refractivity contribution in [3.8, 4) is 0 Å². The van der Waals surface area contributed by atoms with E-state index < -0.39 is 0 Å². The Morgan fingerprint density at radius 2 is 2.09 bits per heavy atom. The molecule has 1 amide bonds. The number of esters is 1. The maximum atomic E-state index is 12.4. The lowest BCUT2D eigenvalue weighted by molar-refractivity contribution is -0.139. The summed E-state index contributed by atoms with van der Waals surface area (Å²) < 4.78 is 5.35. The van der Waals surface area contributed by atoms with E-state index in [1.54, 1.807) is 18.7 Å². The second kappa shape index (κ2) is 7.49. The lowest BCUT2D eigenvalue weighted by Crippen LogP contribution is -2.34. The fourth-order valence-corrected chi connectivity index (χ4v) is 2.96. The van der Waals surface area contributed by atoms with Gasteiger partial charge in [-0.25, -0.2) is 4.79 Å². The highest BCUT2D eigenvalue weighted by molar-refractivity contribution is 7.98. The summed E-state index contributed by atoms with van der Waals surface area (Å²) in [6, 6.07) is 7.85. The molecule has 1 aliphatic heterocycles. The molecule has 0 bridgehead atoms. The van der Waals surface area contributed by atoms with Crippen molar-refractivity contribution in [2.45, 2.75) is 26.2 Å². The Morgan fingerprint density at radius 1 is 1.36 bits per heavy atom. The van der Waals surface area contributed by atoms with Crippen LogP contribution >= 0.6 is 11.8 Å². The van der Waals surface area contributed by atoms with Crippen molar-refractivity contribution in [3.05, 3.63) is 46.7 Å². The lowest BCUT2D eigenvalue weighted by Gasteiger charge is -2.27. The van der Waals surface area contributed by atoms with E-state index in [0.717, 1.165) is 16.9 Å². The van der Waals surface area contributed by atoms with Gasteiger partial charge in [-0.3, -0.25) is 4.79 Å². The van der Waals surface area contributed by atoms with E-state index in [1.807, 2.05) is 37.4 Å². The highest BCUT2D eigenvalue weighted by Crippen LogP contribution is 2.35. The largest absolute Gasteiger partial charge is 0.461 e. The summed E-state index contributed by atoms with van der Waals surface area (Å²) in [5, 5.41) is 2.75. The maximum absolute atomic E-state index is 12.4. The molecule has 0 saturated carbocycles. The van der Waals surface area contributed by atoms with Crippen LogP contribution in [0.2, 0.25) is 0 Å². The Morgan fingerprint density at radius 3 is 2.77 bits per heavy atom. The van der Waals surface area contributed by atoms with Crippen molar-refractivity contribution in [3.63, 3.8) is 0 Å². The molecule has 1 N–H and O–H groups in total. The summed E-state index contributed by atoms with van der Waals surface area (Å²) in [7, 11) is 0. The van der Waals surface area contributed by atoms with Crippen LogP contribution in [-0.2, 0) is 14.3 Å². The van der Waals surface area contributed by atoms with Gasteiger partial charge >= 0.3 is 5.97 Å². The van der Waals surface area contributed by atoms with Gasteiger partial charge in [-0.1, -0.05) is 24.3 Å². The van der Waals surface area contributed by atoms with Crippen molar-refractivity contribution in [2.75, 3.05) is 18.6 Å². The predicted molar refractivity (Wildman–Crippen MR) is 88.7 cm³/mol. The number of amides is 1. The molecule has 0 unspecified atom stereocenters. The SMILES string of the molecule is CSCCOC(=O)C1=C(C)NC(=O)C[C@@H]1c1ccccc1C. The van der Waals surface area contributed by atoms with Gasteiger partial charge in [-0.05, 0) is 31.2 Å². The zero-order chi connectivity index (χ0) is 16.1. The molecule has 2 rings (SSSR count). The third-order valence-electron chi connectivity index (χ3n) is 3.77. The summed E-state index contributed by atoms with van der Waals surface area (Å²) >= 11 is 1.63. The second-order valence-electron chi connectivity index (χ2n) is 5.33. The molecule has 118 valence electrons. The molecule has 0 spiro atoms. The van der Waals surface area contributed by atoms with Gasteiger partial charge in [0.05, 0.1) is 5.57 Å². The number of thioether (sulfide) groups is 1. The smallest absolute Gasteiger partial charge is 0.336 e. The molecule has 0 aliphatic carbocycles. The molecule has 0 radical (unpaired) electrons. The van der Waals surface area contributed by atoms with Crippen molar-refractivity contribution < 1.29 is 14.3 Å². The molecule has 22 heavy (non-hydrogen) atoms. The number of nitrogens with one attached hydrogen (secondary N) is 1. The Balaban J connectivity index is 2.33. The molecule has 1 aromatic rings. The summed E-state index contributed by atoms with van der Waals surface area (Å²) in [5.41, 5.74) is 3.24. The molecule has 0 aromatic heterocycles. The first-order valence-corrected chi connectivity index (χ1v) is 8.66. The van der Waals surface area contributed by atoms with Crippen LogP contribution in [0.5, 0.6) is 0 Å². The number of benzene rings is 1. The van der Waals surface area contributed by atoms with Gasteiger partial charge in [0.2, 0.25) is 5.91 Å². The van der Waals surface area contributed by atoms with E-state index >= 15 is 0 Å². The first-order chi connectivity index (χ1) is 10.5. The molecule has 4 nitrogen and oxygen atoms in total. The minimum Gasteiger partial charge on any atom is -0.461 e. The van der Waals surface area contributed by atoms with Gasteiger partial charge in [0, 0.05) is 23.8 Å². The number of rotatable bonds is 5. The molecule has 0 saturated heterocycles. The number of aryl methyl sites for hydroxylation is 1. The minimum atomic E-state index is -0.334.